The first-order chi connectivity index (χ1) is 14.3. The van der Waals surface area contributed by atoms with Crippen LogP contribution < -0.4 is 5.32 Å². The number of benzene rings is 2. The molecule has 2 aromatic carbocycles. The topological polar surface area (TPSA) is 66.5 Å². The van der Waals surface area contributed by atoms with Gasteiger partial charge in [0.25, 0.3) is 0 Å². The lowest BCUT2D eigenvalue weighted by Gasteiger charge is -2.32. The molecule has 2 aromatic rings. The summed E-state index contributed by atoms with van der Waals surface area (Å²) in [5.74, 6) is 0.353. The minimum absolute atomic E-state index is 0.00910. The van der Waals surface area contributed by atoms with Crippen LogP contribution in [0.3, 0.4) is 0 Å². The van der Waals surface area contributed by atoms with E-state index in [9.17, 15) is 13.2 Å². The largest absolute Gasteiger partial charge is 0.349 e. The third-order valence-corrected chi connectivity index (χ3v) is 7.49. The second kappa shape index (κ2) is 10.2. The monoisotopic (exact) mass is 428 g/mol. The molecule has 6 heteroatoms. The number of piperidine rings is 1. The van der Waals surface area contributed by atoms with Crippen LogP contribution in [-0.2, 0) is 20.6 Å². The summed E-state index contributed by atoms with van der Waals surface area (Å²) in [4.78, 5) is 12.9. The molecule has 1 amide bonds. The molecule has 1 heterocycles. The Morgan fingerprint density at radius 2 is 1.57 bits per heavy atom. The Hall–Kier alpha value is -2.18. The van der Waals surface area contributed by atoms with Gasteiger partial charge in [-0.25, -0.2) is 12.7 Å². The van der Waals surface area contributed by atoms with Crippen LogP contribution in [0.1, 0.15) is 50.3 Å². The molecule has 5 nitrogen and oxygen atoms in total. The molecule has 0 saturated carbocycles. The van der Waals surface area contributed by atoms with Crippen molar-refractivity contribution in [2.24, 2.45) is 11.8 Å². The second-order valence-electron chi connectivity index (χ2n) is 8.52. The van der Waals surface area contributed by atoms with Crippen LogP contribution in [0.15, 0.2) is 60.7 Å². The summed E-state index contributed by atoms with van der Waals surface area (Å²) in [5, 5.41) is 3.22. The zero-order valence-electron chi connectivity index (χ0n) is 17.8. The normalized spacial score (nSPS) is 17.0. The van der Waals surface area contributed by atoms with Crippen molar-refractivity contribution in [1.82, 2.24) is 9.62 Å². The van der Waals surface area contributed by atoms with Gasteiger partial charge in [0.2, 0.25) is 15.9 Å². The average Bonchev–Trinajstić information content (AvgIpc) is 2.74. The van der Waals surface area contributed by atoms with Crippen molar-refractivity contribution in [1.29, 1.82) is 0 Å². The smallest absolute Gasteiger partial charge is 0.223 e. The Morgan fingerprint density at radius 3 is 2.13 bits per heavy atom. The van der Waals surface area contributed by atoms with Gasteiger partial charge < -0.3 is 5.32 Å². The van der Waals surface area contributed by atoms with Crippen molar-refractivity contribution < 1.29 is 13.2 Å². The third kappa shape index (κ3) is 6.16. The molecule has 0 spiro atoms. The van der Waals surface area contributed by atoms with Crippen molar-refractivity contribution in [3.05, 3.63) is 71.8 Å². The lowest BCUT2D eigenvalue weighted by molar-refractivity contribution is -0.127. The third-order valence-electron chi connectivity index (χ3n) is 5.64. The van der Waals surface area contributed by atoms with Crippen LogP contribution in [0, 0.1) is 11.8 Å². The number of nitrogens with one attached hydrogen (secondary N) is 1. The lowest BCUT2D eigenvalue weighted by Crippen LogP contribution is -2.44. The van der Waals surface area contributed by atoms with Gasteiger partial charge in [0.1, 0.15) is 0 Å². The molecule has 1 N–H and O–H groups in total. The molecule has 1 atom stereocenters. The van der Waals surface area contributed by atoms with Gasteiger partial charge in [0, 0.05) is 19.0 Å². The fourth-order valence-corrected chi connectivity index (χ4v) is 5.56. The van der Waals surface area contributed by atoms with Gasteiger partial charge in [-0.05, 0) is 36.3 Å². The van der Waals surface area contributed by atoms with Gasteiger partial charge in [-0.2, -0.15) is 0 Å². The molecule has 1 unspecified atom stereocenters. The van der Waals surface area contributed by atoms with E-state index in [1.54, 1.807) is 0 Å². The molecule has 1 aliphatic heterocycles. The van der Waals surface area contributed by atoms with Crippen molar-refractivity contribution in [2.45, 2.75) is 44.9 Å². The number of nitrogens with zero attached hydrogens (tertiary/aromatic N) is 1. The van der Waals surface area contributed by atoms with Crippen LogP contribution >= 0.6 is 0 Å². The summed E-state index contributed by atoms with van der Waals surface area (Å²) in [6.07, 6.45) is 1.99. The van der Waals surface area contributed by atoms with E-state index in [0.29, 0.717) is 31.8 Å². The Labute approximate surface area is 180 Å². The highest BCUT2D eigenvalue weighted by molar-refractivity contribution is 7.88. The van der Waals surface area contributed by atoms with Crippen molar-refractivity contribution in [3.8, 4) is 0 Å². The van der Waals surface area contributed by atoms with Crippen LogP contribution in [0.5, 0.6) is 0 Å². The minimum Gasteiger partial charge on any atom is -0.349 e. The van der Waals surface area contributed by atoms with E-state index in [-0.39, 0.29) is 23.6 Å². The molecule has 0 aromatic heterocycles. The molecule has 0 aliphatic carbocycles. The fourth-order valence-electron chi connectivity index (χ4n) is 4.00. The number of hydrogen-bond acceptors (Lipinski definition) is 3. The van der Waals surface area contributed by atoms with E-state index in [0.717, 1.165) is 17.5 Å². The average molecular weight is 429 g/mol. The Balaban J connectivity index is 1.57. The minimum atomic E-state index is -3.37. The quantitative estimate of drug-likeness (QED) is 0.687. The van der Waals surface area contributed by atoms with Gasteiger partial charge in [0.05, 0.1) is 11.8 Å². The summed E-state index contributed by atoms with van der Waals surface area (Å²) in [5.41, 5.74) is 1.90. The number of carbonyl (C=O) groups is 1. The summed E-state index contributed by atoms with van der Waals surface area (Å²) in [6.45, 7) is 5.09. The standard InChI is InChI=1S/C24H32N2O3S/c1-19(2)17-23(21-11-7-4-8-12-21)25-24(27)22-13-15-26(16-14-22)30(28,29)18-20-9-5-3-6-10-20/h3-12,19,22-23H,13-18H2,1-2H3,(H,25,27). The zero-order valence-corrected chi connectivity index (χ0v) is 18.6. The molecule has 1 aliphatic rings. The zero-order chi connectivity index (χ0) is 21.6. The van der Waals surface area contributed by atoms with Crippen LogP contribution in [-0.4, -0.2) is 31.7 Å². The van der Waals surface area contributed by atoms with Crippen molar-refractivity contribution in [2.75, 3.05) is 13.1 Å². The second-order valence-corrected chi connectivity index (χ2v) is 10.5. The highest BCUT2D eigenvalue weighted by Crippen LogP contribution is 2.25. The summed E-state index contributed by atoms with van der Waals surface area (Å²) in [7, 11) is -3.37. The number of sulfonamides is 1. The molecular formula is C24H32N2O3S. The summed E-state index contributed by atoms with van der Waals surface area (Å²) < 4.78 is 27.0. The van der Waals surface area contributed by atoms with Crippen LogP contribution in [0.25, 0.3) is 0 Å². The van der Waals surface area contributed by atoms with Crippen molar-refractivity contribution in [3.63, 3.8) is 0 Å². The highest BCUT2D eigenvalue weighted by Gasteiger charge is 2.32. The maximum atomic E-state index is 12.9. The Kier molecular flexibility index (Phi) is 7.67. The predicted molar refractivity (Wildman–Crippen MR) is 120 cm³/mol. The molecule has 162 valence electrons. The van der Waals surface area contributed by atoms with Gasteiger partial charge in [-0.15, -0.1) is 0 Å². The van der Waals surface area contributed by atoms with Crippen LogP contribution in [0.2, 0.25) is 0 Å². The van der Waals surface area contributed by atoms with E-state index in [1.165, 1.54) is 4.31 Å². The van der Waals surface area contributed by atoms with Gasteiger partial charge in [-0.3, -0.25) is 4.79 Å². The molecule has 30 heavy (non-hydrogen) atoms. The van der Waals surface area contributed by atoms with Gasteiger partial charge in [-0.1, -0.05) is 74.5 Å². The van der Waals surface area contributed by atoms with E-state index < -0.39 is 10.0 Å². The SMILES string of the molecule is CC(C)CC(NC(=O)C1CCN(S(=O)(=O)Cc2ccccc2)CC1)c1ccccc1. The van der Waals surface area contributed by atoms with Gasteiger partial charge in [0.15, 0.2) is 0 Å². The van der Waals surface area contributed by atoms with Gasteiger partial charge >= 0.3 is 0 Å². The van der Waals surface area contributed by atoms with E-state index in [2.05, 4.69) is 19.2 Å². The fraction of sp³-hybridized carbons (Fsp3) is 0.458. The van der Waals surface area contributed by atoms with Crippen LogP contribution in [0.4, 0.5) is 0 Å². The first kappa shape index (κ1) is 22.5. The van der Waals surface area contributed by atoms with E-state index in [4.69, 9.17) is 0 Å². The Bertz CT molecular complexity index is 906. The maximum absolute atomic E-state index is 12.9. The lowest BCUT2D eigenvalue weighted by atomic mass is 9.93. The molecule has 1 fully saturated rings. The summed E-state index contributed by atoms with van der Waals surface area (Å²) >= 11 is 0. The first-order valence-corrected chi connectivity index (χ1v) is 12.3. The number of carbonyl (C=O) groups excluding carboxylic acids is 1. The van der Waals surface area contributed by atoms with Crippen molar-refractivity contribution >= 4 is 15.9 Å². The summed E-state index contributed by atoms with van der Waals surface area (Å²) in [6, 6.07) is 19.3. The number of rotatable bonds is 8. The van der Waals surface area contributed by atoms with E-state index in [1.807, 2.05) is 60.7 Å². The molecule has 0 bridgehead atoms. The molecular weight excluding hydrogens is 396 g/mol. The predicted octanol–water partition coefficient (Wildman–Crippen LogP) is 4.13. The van der Waals surface area contributed by atoms with E-state index >= 15 is 0 Å². The maximum Gasteiger partial charge on any atom is 0.223 e. The molecule has 1 saturated heterocycles. The molecule has 3 rings (SSSR count). The molecule has 0 radical (unpaired) electrons. The number of amides is 1. The number of hydrogen-bond donors (Lipinski definition) is 1. The Morgan fingerprint density at radius 1 is 1.00 bits per heavy atom. The first-order valence-electron chi connectivity index (χ1n) is 10.7. The highest BCUT2D eigenvalue weighted by atomic mass is 32.2.